The quantitative estimate of drug-likeness (QED) is 0.395. The molecule has 6 heavy (non-hydrogen) atoms. The molecule has 0 aromatic heterocycles. The van der Waals surface area contributed by atoms with Crippen LogP contribution in [0.5, 0.6) is 0 Å². The summed E-state index contributed by atoms with van der Waals surface area (Å²) in [5.74, 6) is 0. The molecule has 0 fully saturated rings. The third-order valence-corrected chi connectivity index (χ3v) is 0. The van der Waals surface area contributed by atoms with Crippen molar-refractivity contribution in [1.29, 1.82) is 0 Å². The van der Waals surface area contributed by atoms with E-state index in [-0.39, 0.29) is 74.0 Å². The van der Waals surface area contributed by atoms with Gasteiger partial charge in [-0.05, 0) is 0 Å². The predicted octanol–water partition coefficient (Wildman–Crippen LogP) is -3.29. The average Bonchev–Trinajstić information content (AvgIpc) is 1.00. The second-order valence-corrected chi connectivity index (χ2v) is 0. The van der Waals surface area contributed by atoms with E-state index in [1.54, 1.807) is 0 Å². The normalized spacial score (nSPS) is 1.17. The second-order valence-electron chi connectivity index (χ2n) is 0. The van der Waals surface area contributed by atoms with Crippen molar-refractivity contribution in [2.75, 3.05) is 0 Å². The van der Waals surface area contributed by atoms with E-state index in [0.29, 0.717) is 0 Å². The van der Waals surface area contributed by atoms with Gasteiger partial charge in [0, 0.05) is 33.6 Å². The molecule has 0 radical (unpaired) electrons. The Hall–Kier alpha value is 3.24. The summed E-state index contributed by atoms with van der Waals surface area (Å²) in [6.07, 6.45) is 0. The molecule has 0 aromatic carbocycles. The Kier molecular flexibility index (Phi) is 239. The zero-order valence-electron chi connectivity index (χ0n) is 2.17. The third kappa shape index (κ3) is 26.8. The van der Waals surface area contributed by atoms with Gasteiger partial charge in [-0.15, -0.1) is 0 Å². The van der Waals surface area contributed by atoms with Gasteiger partial charge in [-0.1, -0.05) is 0 Å². The van der Waals surface area contributed by atoms with Gasteiger partial charge in [-0.2, -0.15) is 0 Å². The molecule has 0 aliphatic rings. The first kappa shape index (κ1) is 34.9. The maximum atomic E-state index is 2.14. The molecule has 0 N–H and O–H groups in total. The van der Waals surface area contributed by atoms with Crippen LogP contribution in [0.25, 0.3) is 0 Å². The first-order valence-corrected chi connectivity index (χ1v) is 6.18. The molecule has 0 heterocycles. The van der Waals surface area contributed by atoms with E-state index in [2.05, 4.69) is 19.7 Å². The van der Waals surface area contributed by atoms with Crippen LogP contribution in [-0.4, -0.2) is 48.5 Å². The first-order chi connectivity index (χ1) is 1.00. The minimum atomic E-state index is 0. The van der Waals surface area contributed by atoms with Gasteiger partial charge >= 0.3 is 50.9 Å². The standard InChI is InChI=1S/Al.Fe.Mg.Ni.H3Si.Ti.5H/h;;;;1H3;;;;;;. The van der Waals surface area contributed by atoms with Gasteiger partial charge in [0.05, 0.1) is 0 Å². The molecule has 6 heteroatoms. The fourth-order valence-electron chi connectivity index (χ4n) is 0. The molecule has 0 aliphatic heterocycles. The van der Waals surface area contributed by atoms with Crippen LogP contribution in [-0.2, 0) is 53.3 Å². The molecule has 0 aliphatic carbocycles. The van der Waals surface area contributed by atoms with E-state index >= 15 is 0 Å². The van der Waals surface area contributed by atoms with Crippen molar-refractivity contribution < 1.29 is 53.3 Å². The molecule has 0 rings (SSSR count). The molecule has 0 aromatic rings. The van der Waals surface area contributed by atoms with E-state index in [9.17, 15) is 0 Å². The Morgan fingerprint density at radius 3 is 1.17 bits per heavy atom. The van der Waals surface area contributed by atoms with E-state index in [1.165, 1.54) is 8.11 Å². The molecular weight excluding hydrogens is 242 g/mol. The van der Waals surface area contributed by atoms with E-state index in [0.717, 1.165) is 0 Å². The first-order valence-electron chi connectivity index (χ1n) is 0.500. The van der Waals surface area contributed by atoms with Crippen LogP contribution in [0, 0.1) is 0 Å². The Labute approximate surface area is 100 Å². The van der Waals surface area contributed by atoms with Crippen molar-refractivity contribution in [3.63, 3.8) is 0 Å². The molecule has 39 valence electrons. The summed E-state index contributed by atoms with van der Waals surface area (Å²) in [5, 5.41) is 0. The fraction of sp³-hybridized carbons (Fsp3) is 0. The van der Waals surface area contributed by atoms with Crippen molar-refractivity contribution in [3.8, 4) is 0 Å². The van der Waals surface area contributed by atoms with Gasteiger partial charge in [0.2, 0.25) is 0 Å². The van der Waals surface area contributed by atoms with Gasteiger partial charge in [0.15, 0.2) is 17.4 Å². The summed E-state index contributed by atoms with van der Waals surface area (Å²) in [4.78, 5) is 0. The molecular formula is H8AlFeMgNiSiTi. The van der Waals surface area contributed by atoms with Crippen LogP contribution in [0.3, 0.4) is 0 Å². The topological polar surface area (TPSA) is 0 Å². The van der Waals surface area contributed by atoms with Gasteiger partial charge in [0.1, 0.15) is 0 Å². The molecule has 0 bridgehead atoms. The van der Waals surface area contributed by atoms with Crippen LogP contribution in [0.4, 0.5) is 0 Å². The zero-order valence-corrected chi connectivity index (χ0v) is 7.82. The predicted molar refractivity (Wildman–Crippen MR) is 28.4 cm³/mol. The van der Waals surface area contributed by atoms with E-state index in [1.807, 2.05) is 0 Å². The van der Waals surface area contributed by atoms with Crippen molar-refractivity contribution in [2.45, 2.75) is 0 Å². The molecule has 0 unspecified atom stereocenters. The minimum absolute atomic E-state index is 0. The monoisotopic (exact) mass is 249 g/mol. The van der Waals surface area contributed by atoms with Crippen molar-refractivity contribution in [1.82, 2.24) is 0 Å². The van der Waals surface area contributed by atoms with Crippen LogP contribution >= 0.6 is 0 Å². The second kappa shape index (κ2) is 41.1. The maximum absolute atomic E-state index is 2.14. The fourth-order valence-corrected chi connectivity index (χ4v) is 0. The summed E-state index contributed by atoms with van der Waals surface area (Å²) in [6, 6.07) is 0. The van der Waals surface area contributed by atoms with Crippen molar-refractivity contribution >= 4 is 48.5 Å². The van der Waals surface area contributed by atoms with Gasteiger partial charge < -0.3 is 0 Å². The van der Waals surface area contributed by atoms with Crippen LogP contribution in [0.1, 0.15) is 0 Å². The van der Waals surface area contributed by atoms with Gasteiger partial charge in [-0.25, -0.2) is 0 Å². The molecule has 0 saturated carbocycles. The van der Waals surface area contributed by atoms with Crippen molar-refractivity contribution in [2.24, 2.45) is 0 Å². The molecule has 0 spiro atoms. The Morgan fingerprint density at radius 1 is 1.17 bits per heavy atom. The summed E-state index contributed by atoms with van der Waals surface area (Å²) < 4.78 is 0. The van der Waals surface area contributed by atoms with Crippen LogP contribution < -0.4 is 0 Å². The summed E-state index contributed by atoms with van der Waals surface area (Å²) >= 11 is 2.14. The molecule has 0 saturated heterocycles. The SMILES string of the molecule is [AlH3].[Fe].[MgH2].[Ni].[SiH3][Ti]. The van der Waals surface area contributed by atoms with E-state index < -0.39 is 0 Å². The average molecular weight is 250 g/mol. The van der Waals surface area contributed by atoms with Gasteiger partial charge in [-0.3, -0.25) is 0 Å². The molecule has 0 nitrogen and oxygen atoms in total. The summed E-state index contributed by atoms with van der Waals surface area (Å²) in [6.45, 7) is 0. The van der Waals surface area contributed by atoms with E-state index in [4.69, 9.17) is 0 Å². The number of hydrogen-bond acceptors (Lipinski definition) is 0. The summed E-state index contributed by atoms with van der Waals surface area (Å²) in [5.41, 5.74) is 0. The Balaban J connectivity index is -0.000000000833. The van der Waals surface area contributed by atoms with Crippen molar-refractivity contribution in [3.05, 3.63) is 0 Å². The molecule has 0 atom stereocenters. The third-order valence-electron chi connectivity index (χ3n) is 0. The Bertz CT molecular complexity index is 15.5. The Morgan fingerprint density at radius 2 is 1.17 bits per heavy atom. The zero-order chi connectivity index (χ0) is 2.00. The van der Waals surface area contributed by atoms with Gasteiger partial charge in [0.25, 0.3) is 0 Å². The number of rotatable bonds is 0. The molecule has 0 amide bonds. The summed E-state index contributed by atoms with van der Waals surface area (Å²) in [7, 11) is 1.31. The number of hydrogen-bond donors (Lipinski definition) is 0. The van der Waals surface area contributed by atoms with Crippen LogP contribution in [0.15, 0.2) is 0 Å². The van der Waals surface area contributed by atoms with Crippen LogP contribution in [0.2, 0.25) is 0 Å².